The van der Waals surface area contributed by atoms with Gasteiger partial charge >= 0.3 is 0 Å². The van der Waals surface area contributed by atoms with Crippen molar-refractivity contribution in [2.75, 3.05) is 0 Å². The van der Waals surface area contributed by atoms with E-state index >= 15 is 0 Å². The molecule has 2 rings (SSSR count). The SMILES string of the molecule is Cc1ccccc1C(C)(O)c1ccco1. The highest BCUT2D eigenvalue weighted by Gasteiger charge is 2.29. The first kappa shape index (κ1) is 9.99. The van der Waals surface area contributed by atoms with Gasteiger partial charge in [0.05, 0.1) is 6.26 Å². The van der Waals surface area contributed by atoms with Crippen LogP contribution in [0, 0.1) is 6.92 Å². The van der Waals surface area contributed by atoms with Crippen LogP contribution in [0.1, 0.15) is 23.8 Å². The van der Waals surface area contributed by atoms with Crippen LogP contribution in [0.4, 0.5) is 0 Å². The fourth-order valence-electron chi connectivity index (χ4n) is 1.81. The molecular formula is C13H14O2. The lowest BCUT2D eigenvalue weighted by Crippen LogP contribution is -2.23. The number of benzene rings is 1. The van der Waals surface area contributed by atoms with E-state index in [-0.39, 0.29) is 0 Å². The zero-order chi connectivity index (χ0) is 10.9. The molecule has 1 aromatic heterocycles. The normalized spacial score (nSPS) is 14.9. The first-order valence-electron chi connectivity index (χ1n) is 4.95. The molecule has 0 radical (unpaired) electrons. The Kier molecular flexibility index (Phi) is 2.37. The van der Waals surface area contributed by atoms with E-state index in [9.17, 15) is 5.11 Å². The van der Waals surface area contributed by atoms with Crippen LogP contribution < -0.4 is 0 Å². The molecule has 0 fully saturated rings. The minimum absolute atomic E-state index is 0.566. The van der Waals surface area contributed by atoms with Crippen molar-refractivity contribution in [1.29, 1.82) is 0 Å². The van der Waals surface area contributed by atoms with E-state index in [1.165, 1.54) is 0 Å². The summed E-state index contributed by atoms with van der Waals surface area (Å²) in [5.41, 5.74) is 0.869. The first-order chi connectivity index (χ1) is 7.12. The smallest absolute Gasteiger partial charge is 0.144 e. The molecule has 0 spiro atoms. The van der Waals surface area contributed by atoms with Gasteiger partial charge in [-0.1, -0.05) is 24.3 Å². The molecule has 78 valence electrons. The zero-order valence-electron chi connectivity index (χ0n) is 8.90. The minimum atomic E-state index is -1.06. The van der Waals surface area contributed by atoms with Gasteiger partial charge in [-0.3, -0.25) is 0 Å². The van der Waals surface area contributed by atoms with Gasteiger partial charge in [-0.15, -0.1) is 0 Å². The Bertz CT molecular complexity index is 441. The van der Waals surface area contributed by atoms with Crippen molar-refractivity contribution in [1.82, 2.24) is 0 Å². The molecule has 0 saturated carbocycles. The Morgan fingerprint density at radius 3 is 2.47 bits per heavy atom. The lowest BCUT2D eigenvalue weighted by atomic mass is 9.90. The maximum atomic E-state index is 10.4. The monoisotopic (exact) mass is 202 g/mol. The highest BCUT2D eigenvalue weighted by atomic mass is 16.4. The molecule has 1 atom stereocenters. The van der Waals surface area contributed by atoms with Crippen molar-refractivity contribution in [2.24, 2.45) is 0 Å². The number of aryl methyl sites for hydroxylation is 1. The zero-order valence-corrected chi connectivity index (χ0v) is 8.90. The number of aliphatic hydroxyl groups is 1. The Labute approximate surface area is 89.2 Å². The van der Waals surface area contributed by atoms with Gasteiger partial charge in [0.25, 0.3) is 0 Å². The van der Waals surface area contributed by atoms with E-state index in [1.54, 1.807) is 25.3 Å². The van der Waals surface area contributed by atoms with Crippen molar-refractivity contribution in [2.45, 2.75) is 19.4 Å². The van der Waals surface area contributed by atoms with E-state index in [1.807, 2.05) is 31.2 Å². The minimum Gasteiger partial charge on any atom is -0.466 e. The molecular weight excluding hydrogens is 188 g/mol. The second-order valence-corrected chi connectivity index (χ2v) is 3.86. The molecule has 0 aliphatic rings. The summed E-state index contributed by atoms with van der Waals surface area (Å²) in [5, 5.41) is 10.4. The molecule has 2 aromatic rings. The fraction of sp³-hybridized carbons (Fsp3) is 0.231. The molecule has 1 unspecified atom stereocenters. The quantitative estimate of drug-likeness (QED) is 0.812. The summed E-state index contributed by atoms with van der Waals surface area (Å²) >= 11 is 0. The van der Waals surface area contributed by atoms with E-state index < -0.39 is 5.60 Å². The summed E-state index contributed by atoms with van der Waals surface area (Å²) in [7, 11) is 0. The summed E-state index contributed by atoms with van der Waals surface area (Å²) in [6.07, 6.45) is 1.57. The van der Waals surface area contributed by atoms with Gasteiger partial charge in [-0.25, -0.2) is 0 Å². The molecule has 0 aliphatic carbocycles. The first-order valence-corrected chi connectivity index (χ1v) is 4.95. The lowest BCUT2D eigenvalue weighted by Gasteiger charge is -2.23. The molecule has 0 aliphatic heterocycles. The standard InChI is InChI=1S/C13H14O2/c1-10-6-3-4-7-11(10)13(2,14)12-8-5-9-15-12/h3-9,14H,1-2H3. The van der Waals surface area contributed by atoms with Gasteiger partial charge in [-0.2, -0.15) is 0 Å². The maximum Gasteiger partial charge on any atom is 0.144 e. The highest BCUT2D eigenvalue weighted by molar-refractivity contribution is 5.36. The average Bonchev–Trinajstić information content (AvgIpc) is 2.71. The van der Waals surface area contributed by atoms with Crippen molar-refractivity contribution >= 4 is 0 Å². The fourth-order valence-corrected chi connectivity index (χ4v) is 1.81. The maximum absolute atomic E-state index is 10.4. The molecule has 0 amide bonds. The summed E-state index contributed by atoms with van der Waals surface area (Å²) < 4.78 is 5.26. The molecule has 1 N–H and O–H groups in total. The second kappa shape index (κ2) is 3.55. The van der Waals surface area contributed by atoms with Gasteiger partial charge in [0.15, 0.2) is 0 Å². The van der Waals surface area contributed by atoms with E-state index in [0.717, 1.165) is 11.1 Å². The Morgan fingerprint density at radius 2 is 1.87 bits per heavy atom. The van der Waals surface area contributed by atoms with Crippen LogP contribution >= 0.6 is 0 Å². The summed E-state index contributed by atoms with van der Waals surface area (Å²) in [6, 6.07) is 11.3. The molecule has 2 heteroatoms. The molecule has 15 heavy (non-hydrogen) atoms. The van der Waals surface area contributed by atoms with E-state index in [4.69, 9.17) is 4.42 Å². The Balaban J connectivity index is 2.51. The van der Waals surface area contributed by atoms with Crippen LogP contribution in [-0.4, -0.2) is 5.11 Å². The predicted molar refractivity (Wildman–Crippen MR) is 58.6 cm³/mol. The van der Waals surface area contributed by atoms with Crippen LogP contribution in [0.25, 0.3) is 0 Å². The number of rotatable bonds is 2. The third-order valence-electron chi connectivity index (χ3n) is 2.67. The van der Waals surface area contributed by atoms with Crippen LogP contribution in [-0.2, 0) is 5.60 Å². The molecule has 1 heterocycles. The highest BCUT2D eigenvalue weighted by Crippen LogP contribution is 2.31. The Hall–Kier alpha value is -1.54. The molecule has 1 aromatic carbocycles. The van der Waals surface area contributed by atoms with Crippen molar-refractivity contribution < 1.29 is 9.52 Å². The van der Waals surface area contributed by atoms with Crippen molar-refractivity contribution in [3.63, 3.8) is 0 Å². The van der Waals surface area contributed by atoms with Gasteiger partial charge < -0.3 is 9.52 Å². The summed E-state index contributed by atoms with van der Waals surface area (Å²) in [6.45, 7) is 3.72. The third-order valence-corrected chi connectivity index (χ3v) is 2.67. The van der Waals surface area contributed by atoms with Gasteiger partial charge in [0, 0.05) is 0 Å². The van der Waals surface area contributed by atoms with Gasteiger partial charge in [-0.05, 0) is 37.1 Å². The largest absolute Gasteiger partial charge is 0.466 e. The molecule has 2 nitrogen and oxygen atoms in total. The molecule has 0 saturated heterocycles. The topological polar surface area (TPSA) is 33.4 Å². The van der Waals surface area contributed by atoms with Crippen molar-refractivity contribution in [3.05, 3.63) is 59.5 Å². The average molecular weight is 202 g/mol. The van der Waals surface area contributed by atoms with Crippen molar-refractivity contribution in [3.8, 4) is 0 Å². The van der Waals surface area contributed by atoms with Gasteiger partial charge in [0.2, 0.25) is 0 Å². The predicted octanol–water partition coefficient (Wildman–Crippen LogP) is 2.84. The third kappa shape index (κ3) is 1.68. The van der Waals surface area contributed by atoms with Gasteiger partial charge in [0.1, 0.15) is 11.4 Å². The molecule has 0 bridgehead atoms. The van der Waals surface area contributed by atoms with E-state index in [2.05, 4.69) is 0 Å². The lowest BCUT2D eigenvalue weighted by molar-refractivity contribution is 0.0761. The number of hydrogen-bond acceptors (Lipinski definition) is 2. The summed E-state index contributed by atoms with van der Waals surface area (Å²) in [4.78, 5) is 0. The van der Waals surface area contributed by atoms with Crippen LogP contribution in [0.15, 0.2) is 47.1 Å². The van der Waals surface area contributed by atoms with Crippen LogP contribution in [0.2, 0.25) is 0 Å². The number of hydrogen-bond donors (Lipinski definition) is 1. The van der Waals surface area contributed by atoms with E-state index in [0.29, 0.717) is 5.76 Å². The summed E-state index contributed by atoms with van der Waals surface area (Å²) in [5.74, 6) is 0.566. The Morgan fingerprint density at radius 1 is 1.13 bits per heavy atom. The second-order valence-electron chi connectivity index (χ2n) is 3.86. The van der Waals surface area contributed by atoms with Crippen LogP contribution in [0.5, 0.6) is 0 Å². The number of furan rings is 1. The van der Waals surface area contributed by atoms with Crippen LogP contribution in [0.3, 0.4) is 0 Å².